The Morgan fingerprint density at radius 2 is 2.38 bits per heavy atom. The Morgan fingerprint density at radius 3 is 2.50 bits per heavy atom. The molecule has 0 amide bonds. The van der Waals surface area contributed by atoms with Gasteiger partial charge in [-0.1, -0.05) is 0 Å². The molecule has 0 saturated carbocycles. The average Bonchev–Trinajstić information content (AvgIpc) is 1.65. The smallest absolute Gasteiger partial charge is 0.122 e. The summed E-state index contributed by atoms with van der Waals surface area (Å²) in [5.74, 6) is 0.500. The summed E-state index contributed by atoms with van der Waals surface area (Å²) in [6, 6.07) is 0. The zero-order chi connectivity index (χ0) is 6.57. The van der Waals surface area contributed by atoms with Gasteiger partial charge in [-0.2, -0.15) is 0 Å². The monoisotopic (exact) mass is 116 g/mol. The molecule has 0 aromatic carbocycles. The van der Waals surface area contributed by atoms with Crippen LogP contribution >= 0.6 is 0 Å². The van der Waals surface area contributed by atoms with E-state index in [1.54, 1.807) is 19.9 Å². The third kappa shape index (κ3) is 3.49. The number of aliphatic hydroxyl groups excluding tert-OH is 1. The van der Waals surface area contributed by atoms with Crippen LogP contribution in [0.5, 0.6) is 0 Å². The van der Waals surface area contributed by atoms with Crippen LogP contribution in [0.4, 0.5) is 0 Å². The van der Waals surface area contributed by atoms with Gasteiger partial charge in [0.2, 0.25) is 0 Å². The lowest BCUT2D eigenvalue weighted by Crippen LogP contribution is -2.28. The second-order valence-electron chi connectivity index (χ2n) is 1.56. The highest BCUT2D eigenvalue weighted by Gasteiger charge is 1.89. The molecule has 48 valence electrons. The Morgan fingerprint density at radius 1 is 1.88 bits per heavy atom. The van der Waals surface area contributed by atoms with E-state index < -0.39 is 6.23 Å². The number of rotatable bonds is 2. The number of hydrogen-bond donors (Lipinski definition) is 3. The standard InChI is InChI=1S/C5H12N2O/c1-3-5(6)7-4(2)8/h3-4,7-8H,6H2,1-2H3. The summed E-state index contributed by atoms with van der Waals surface area (Å²) >= 11 is 0. The van der Waals surface area contributed by atoms with Gasteiger partial charge >= 0.3 is 0 Å². The molecule has 0 bridgehead atoms. The Labute approximate surface area is 49.2 Å². The van der Waals surface area contributed by atoms with E-state index in [0.717, 1.165) is 0 Å². The van der Waals surface area contributed by atoms with Crippen molar-refractivity contribution in [2.75, 3.05) is 0 Å². The molecule has 0 aromatic heterocycles. The molecule has 0 fully saturated rings. The fourth-order valence-corrected chi connectivity index (χ4v) is 0.325. The molecule has 3 nitrogen and oxygen atoms in total. The van der Waals surface area contributed by atoms with Gasteiger partial charge in [-0.05, 0) is 19.9 Å². The molecule has 4 N–H and O–H groups in total. The maximum absolute atomic E-state index is 8.62. The van der Waals surface area contributed by atoms with Gasteiger partial charge in [0.1, 0.15) is 6.23 Å². The van der Waals surface area contributed by atoms with E-state index in [4.69, 9.17) is 10.8 Å². The van der Waals surface area contributed by atoms with Gasteiger partial charge < -0.3 is 16.2 Å². The van der Waals surface area contributed by atoms with E-state index in [2.05, 4.69) is 5.32 Å². The molecular formula is C5H12N2O. The van der Waals surface area contributed by atoms with Crippen LogP contribution in [0.1, 0.15) is 13.8 Å². The Balaban J connectivity index is 3.39. The number of hydrogen-bond acceptors (Lipinski definition) is 3. The molecule has 0 spiro atoms. The summed E-state index contributed by atoms with van der Waals surface area (Å²) in [6.45, 7) is 3.40. The van der Waals surface area contributed by atoms with Crippen LogP contribution in [0.25, 0.3) is 0 Å². The van der Waals surface area contributed by atoms with Gasteiger partial charge in [-0.25, -0.2) is 0 Å². The average molecular weight is 116 g/mol. The summed E-state index contributed by atoms with van der Waals surface area (Å²) in [7, 11) is 0. The molecule has 3 heteroatoms. The summed E-state index contributed by atoms with van der Waals surface area (Å²) in [5, 5.41) is 11.2. The first-order valence-corrected chi connectivity index (χ1v) is 2.53. The summed E-state index contributed by atoms with van der Waals surface area (Å²) < 4.78 is 0. The first-order valence-electron chi connectivity index (χ1n) is 2.53. The molecular weight excluding hydrogens is 104 g/mol. The predicted molar refractivity (Wildman–Crippen MR) is 32.8 cm³/mol. The molecule has 0 aromatic rings. The minimum absolute atomic E-state index is 0.500. The topological polar surface area (TPSA) is 58.3 Å². The molecule has 0 aliphatic heterocycles. The van der Waals surface area contributed by atoms with Crippen molar-refractivity contribution >= 4 is 0 Å². The quantitative estimate of drug-likeness (QED) is 0.435. The van der Waals surface area contributed by atoms with Crippen LogP contribution < -0.4 is 11.1 Å². The minimum Gasteiger partial charge on any atom is -0.386 e. The normalized spacial score (nSPS) is 15.6. The zero-order valence-electron chi connectivity index (χ0n) is 5.18. The second-order valence-corrected chi connectivity index (χ2v) is 1.56. The lowest BCUT2D eigenvalue weighted by molar-refractivity contribution is 0.168. The van der Waals surface area contributed by atoms with Crippen LogP contribution in [0.2, 0.25) is 0 Å². The largest absolute Gasteiger partial charge is 0.386 e. The van der Waals surface area contributed by atoms with E-state index in [-0.39, 0.29) is 0 Å². The van der Waals surface area contributed by atoms with Crippen molar-refractivity contribution in [1.29, 1.82) is 0 Å². The van der Waals surface area contributed by atoms with E-state index in [1.807, 2.05) is 0 Å². The fourth-order valence-electron chi connectivity index (χ4n) is 0.325. The van der Waals surface area contributed by atoms with Crippen molar-refractivity contribution in [3.63, 3.8) is 0 Å². The van der Waals surface area contributed by atoms with Crippen LogP contribution in [0.15, 0.2) is 11.9 Å². The van der Waals surface area contributed by atoms with Crippen LogP contribution in [0.3, 0.4) is 0 Å². The van der Waals surface area contributed by atoms with Gasteiger partial charge in [-0.3, -0.25) is 0 Å². The summed E-state index contributed by atoms with van der Waals surface area (Å²) in [4.78, 5) is 0. The molecule has 0 saturated heterocycles. The first-order chi connectivity index (χ1) is 3.66. The Kier molecular flexibility index (Phi) is 3.03. The van der Waals surface area contributed by atoms with Gasteiger partial charge in [0.25, 0.3) is 0 Å². The number of allylic oxidation sites excluding steroid dienone is 1. The van der Waals surface area contributed by atoms with Gasteiger partial charge in [0.05, 0.1) is 5.82 Å². The van der Waals surface area contributed by atoms with Crippen LogP contribution in [-0.2, 0) is 0 Å². The summed E-state index contributed by atoms with van der Waals surface area (Å²) in [6.07, 6.45) is 1.12. The number of aliphatic hydroxyl groups is 1. The van der Waals surface area contributed by atoms with Crippen molar-refractivity contribution in [2.45, 2.75) is 20.1 Å². The third-order valence-corrected chi connectivity index (χ3v) is 0.687. The highest BCUT2D eigenvalue weighted by molar-refractivity contribution is 4.90. The molecule has 8 heavy (non-hydrogen) atoms. The SMILES string of the molecule is CC=C(N)NC(C)O. The fraction of sp³-hybridized carbons (Fsp3) is 0.600. The van der Waals surface area contributed by atoms with E-state index in [0.29, 0.717) is 5.82 Å². The number of nitrogens with two attached hydrogens (primary N) is 1. The minimum atomic E-state index is -0.564. The highest BCUT2D eigenvalue weighted by Crippen LogP contribution is 1.77. The van der Waals surface area contributed by atoms with E-state index in [9.17, 15) is 0 Å². The van der Waals surface area contributed by atoms with Gasteiger partial charge in [0, 0.05) is 0 Å². The maximum atomic E-state index is 8.62. The van der Waals surface area contributed by atoms with Crippen molar-refractivity contribution < 1.29 is 5.11 Å². The van der Waals surface area contributed by atoms with Crippen molar-refractivity contribution in [3.05, 3.63) is 11.9 Å². The van der Waals surface area contributed by atoms with Crippen molar-refractivity contribution in [2.24, 2.45) is 5.73 Å². The second kappa shape index (κ2) is 3.32. The van der Waals surface area contributed by atoms with E-state index >= 15 is 0 Å². The molecule has 0 heterocycles. The Hall–Kier alpha value is -0.700. The van der Waals surface area contributed by atoms with Crippen LogP contribution in [0, 0.1) is 0 Å². The molecule has 0 radical (unpaired) electrons. The van der Waals surface area contributed by atoms with E-state index in [1.165, 1.54) is 0 Å². The van der Waals surface area contributed by atoms with Crippen molar-refractivity contribution in [1.82, 2.24) is 5.32 Å². The van der Waals surface area contributed by atoms with Gasteiger partial charge in [-0.15, -0.1) is 0 Å². The lowest BCUT2D eigenvalue weighted by Gasteiger charge is -2.06. The van der Waals surface area contributed by atoms with Gasteiger partial charge in [0.15, 0.2) is 0 Å². The Bertz CT molecular complexity index is 88.4. The molecule has 1 unspecified atom stereocenters. The third-order valence-electron chi connectivity index (χ3n) is 0.687. The van der Waals surface area contributed by atoms with Crippen molar-refractivity contribution in [3.8, 4) is 0 Å². The predicted octanol–water partition coefficient (Wildman–Crippen LogP) is -0.266. The number of nitrogens with one attached hydrogen (secondary N) is 1. The first kappa shape index (κ1) is 7.30. The van der Waals surface area contributed by atoms with Crippen LogP contribution in [-0.4, -0.2) is 11.3 Å². The highest BCUT2D eigenvalue weighted by atomic mass is 16.3. The molecule has 0 aliphatic rings. The summed E-state index contributed by atoms with van der Waals surface area (Å²) in [5.41, 5.74) is 5.26. The zero-order valence-corrected chi connectivity index (χ0v) is 5.18. The molecule has 0 rings (SSSR count). The molecule has 1 atom stereocenters. The molecule has 0 aliphatic carbocycles. The lowest BCUT2D eigenvalue weighted by atomic mass is 10.5. The maximum Gasteiger partial charge on any atom is 0.122 e.